The van der Waals surface area contributed by atoms with Crippen molar-refractivity contribution in [2.75, 3.05) is 60.4 Å². The Balaban J connectivity index is -0.0000000436. The van der Waals surface area contributed by atoms with Gasteiger partial charge in [0.15, 0.2) is 11.9 Å². The molecule has 10 rings (SSSR count). The molecule has 766 valence electrons. The third kappa shape index (κ3) is 117. The highest BCUT2D eigenvalue weighted by Gasteiger charge is 2.19. The van der Waals surface area contributed by atoms with E-state index in [4.69, 9.17) is 70.9 Å². The minimum Gasteiger partial charge on any atom is -0.370 e. The lowest BCUT2D eigenvalue weighted by Crippen LogP contribution is -2.46. The van der Waals surface area contributed by atoms with Crippen LogP contribution in [0.2, 0.25) is 0 Å². The summed E-state index contributed by atoms with van der Waals surface area (Å²) in [5.41, 5.74) is 33.7. The molecule has 7 aromatic carbocycles. The van der Waals surface area contributed by atoms with E-state index in [9.17, 15) is 19.2 Å². The second-order valence-electron chi connectivity index (χ2n) is 22.7. The summed E-state index contributed by atoms with van der Waals surface area (Å²) >= 11 is 0. The lowest BCUT2D eigenvalue weighted by atomic mass is 10.0. The van der Waals surface area contributed by atoms with Crippen molar-refractivity contribution in [3.8, 4) is 0 Å². The smallest absolute Gasteiger partial charge is 0.242 e. The Hall–Kier alpha value is -13.2. The maximum absolute atomic E-state index is 11.5. The van der Waals surface area contributed by atoms with Gasteiger partial charge in [0.25, 0.3) is 0 Å². The monoisotopic (exact) mass is 1880 g/mol. The maximum Gasteiger partial charge on any atom is 0.242 e. The van der Waals surface area contributed by atoms with Crippen molar-refractivity contribution in [2.45, 2.75) is 157 Å². The number of aromatic nitrogens is 1. The standard InChI is InChI=1S/2C12H16N2O2.C12H12.C10H11N.2C8H10.2C5H13N3.2C4H9N.CH5N.10CH2O.13H3N/c2*1-9(15)14-11(12(16)13-2)8-10-6-4-3-5-7-10;1-2-10-7-5-8-11-6-3-4-9-12(10)11;1-2-8-7-11-10-6-4-3-5-9(8)10;2*1-2-8-6-4-3-5-7-8;2*1-2-3-4-8-5(6)7;2*1-2-4-5-3-1;11*1-2;;;;;;;;;;;;;/h2*3-7,11H,8H2,1-2H3,(H,13,16)(H,14,15);3-9H,2H2,1H3;3-7,11H,2H2,1H3;2*3-7H,2H2,1H3;2*2-4H2,1H3,(H4,6,7,8);2*5H,1-4H2;2H2,1H3;10*1H2;13*1H3/t2*11-;;;;;;;;;;;;;;;;;;;;;;;;;;;;;;;;/m00................................/s1. The number of para-hydroxylation sites is 1. The number of aromatic amines is 1. The van der Waals surface area contributed by atoms with Gasteiger partial charge in [0.05, 0.1) is 0 Å². The molecule has 0 unspecified atom stereocenters. The number of hydrogen-bond donors (Lipinski definition) is 25. The van der Waals surface area contributed by atoms with Crippen LogP contribution in [0.1, 0.15) is 140 Å². The molecule has 0 radical (unpaired) electrons. The molecular formula is C91H183N27O14. The van der Waals surface area contributed by atoms with E-state index in [1.54, 1.807) is 14.1 Å². The lowest BCUT2D eigenvalue weighted by Gasteiger charge is -2.16. The van der Waals surface area contributed by atoms with Crippen molar-refractivity contribution in [3.05, 3.63) is 228 Å². The average Bonchev–Trinajstić information content (AvgIpc) is 1.74. The van der Waals surface area contributed by atoms with Gasteiger partial charge >= 0.3 is 0 Å². The number of fused-ring (bicyclic) bond motifs is 2. The molecule has 3 heterocycles. The number of amides is 4. The van der Waals surface area contributed by atoms with Crippen molar-refractivity contribution >= 4 is 125 Å². The van der Waals surface area contributed by atoms with Gasteiger partial charge in [-0.05, 0) is 148 Å². The summed E-state index contributed by atoms with van der Waals surface area (Å²) in [4.78, 5) is 136. The molecule has 0 bridgehead atoms. The number of nitrogens with two attached hydrogens (primary N) is 5. The van der Waals surface area contributed by atoms with Crippen molar-refractivity contribution in [3.63, 3.8) is 0 Å². The fraction of sp³-hybridized carbons (Fsp3) is 0.363. The Morgan fingerprint density at radius 3 is 0.833 bits per heavy atom. The lowest BCUT2D eigenvalue weighted by molar-refractivity contribution is -0.127. The van der Waals surface area contributed by atoms with Gasteiger partial charge in [0.1, 0.15) is 80.0 Å². The summed E-state index contributed by atoms with van der Waals surface area (Å²) < 4.78 is 0. The number of nitrogens with zero attached hydrogens (tertiary/aromatic N) is 2. The van der Waals surface area contributed by atoms with Gasteiger partial charge in [0.2, 0.25) is 23.6 Å². The molecule has 1 aromatic heterocycles. The topological polar surface area (TPSA) is 937 Å². The number of aliphatic imine (C=N–C) groups is 2. The van der Waals surface area contributed by atoms with Gasteiger partial charge in [-0.15, -0.1) is 0 Å². The number of guanidine groups is 2. The van der Waals surface area contributed by atoms with Gasteiger partial charge in [-0.2, -0.15) is 0 Å². The van der Waals surface area contributed by atoms with Gasteiger partial charge in [-0.1, -0.05) is 236 Å². The Bertz CT molecular complexity index is 3370. The third-order valence-electron chi connectivity index (χ3n) is 14.8. The quantitative estimate of drug-likeness (QED) is 0.0215. The molecule has 132 heavy (non-hydrogen) atoms. The van der Waals surface area contributed by atoms with E-state index in [0.717, 1.165) is 75.6 Å². The van der Waals surface area contributed by atoms with Crippen molar-refractivity contribution < 1.29 is 67.1 Å². The van der Waals surface area contributed by atoms with E-state index in [-0.39, 0.29) is 116 Å². The van der Waals surface area contributed by atoms with Crippen LogP contribution in [-0.4, -0.2) is 181 Å². The zero-order chi connectivity index (χ0) is 93.5. The Kier molecular flexibility index (Phi) is 216. The van der Waals surface area contributed by atoms with E-state index in [0.29, 0.717) is 12.8 Å². The first-order valence-corrected chi connectivity index (χ1v) is 38.1. The van der Waals surface area contributed by atoms with Crippen LogP contribution in [0.4, 0.5) is 0 Å². The number of carbonyl (C=O) groups excluding carboxylic acids is 14. The van der Waals surface area contributed by atoms with E-state index in [1.807, 2.05) is 141 Å². The van der Waals surface area contributed by atoms with Crippen LogP contribution in [-0.2, 0) is 106 Å². The normalized spacial score (nSPS) is 8.97. The van der Waals surface area contributed by atoms with E-state index in [1.165, 1.54) is 117 Å². The fourth-order valence-corrected chi connectivity index (χ4v) is 9.39. The molecule has 8 aromatic rings. The van der Waals surface area contributed by atoms with Crippen LogP contribution in [0.15, 0.2) is 204 Å². The van der Waals surface area contributed by atoms with Crippen LogP contribution >= 0.6 is 0 Å². The molecule has 56 N–H and O–H groups in total. The summed E-state index contributed by atoms with van der Waals surface area (Å²) in [6, 6.07) is 62.5. The summed E-state index contributed by atoms with van der Waals surface area (Å²) in [5, 5.41) is 20.9. The summed E-state index contributed by atoms with van der Waals surface area (Å²) in [7, 11) is 4.62. The summed E-state index contributed by atoms with van der Waals surface area (Å²) in [6.07, 6.45) is 17.5. The first kappa shape index (κ1) is 183. The Morgan fingerprint density at radius 1 is 0.341 bits per heavy atom. The Morgan fingerprint density at radius 2 is 0.598 bits per heavy atom. The molecular weight excluding hydrogens is 1700 g/mol. The number of hydrogen-bond acceptors (Lipinski definition) is 32. The molecule has 2 aliphatic rings. The van der Waals surface area contributed by atoms with E-state index < -0.39 is 12.1 Å². The van der Waals surface area contributed by atoms with Gasteiger partial charge in [-0.25, -0.2) is 0 Å². The number of unbranched alkanes of at least 4 members (excludes halogenated alkanes) is 2. The van der Waals surface area contributed by atoms with Gasteiger partial charge in [0, 0.05) is 71.0 Å². The van der Waals surface area contributed by atoms with E-state index in [2.05, 4.69) is 216 Å². The number of likely N-dealkylation sites (N-methyl/N-ethyl adjacent to an activating group) is 2. The van der Waals surface area contributed by atoms with Gasteiger partial charge < -0.3 is 193 Å². The largest absolute Gasteiger partial charge is 0.370 e. The summed E-state index contributed by atoms with van der Waals surface area (Å²) in [6.45, 7) is 42.2. The molecule has 0 spiro atoms. The van der Waals surface area contributed by atoms with Crippen LogP contribution in [0.3, 0.4) is 0 Å². The number of aryl methyl sites for hydroxylation is 4. The van der Waals surface area contributed by atoms with Crippen molar-refractivity contribution in [2.24, 2.45) is 38.7 Å². The molecule has 0 aliphatic carbocycles. The molecule has 2 atom stereocenters. The number of benzene rings is 7. The maximum atomic E-state index is 11.5. The SMILES string of the molecule is C1CCNC1.C1CCNC1.C=O.C=O.C=O.C=O.C=O.C=O.C=O.C=O.C=O.C=O.CCCCN=C(N)N.CCCCN=C(N)N.CCc1c[nH]c2ccccc12.CCc1cccc2ccccc12.CCc1ccccc1.CCc1ccccc1.CN.CNC(=O)[C@H](Cc1ccccc1)NC(C)=O.CNC(=O)[C@H](Cc1ccccc1)NC(C)=O.N.N.N.N.N.N.N.N.N.N.N.N.N. The number of rotatable bonds is 18. The summed E-state index contributed by atoms with van der Waals surface area (Å²) in [5.74, 6) is -0.385. The minimum absolute atomic E-state index is 0. The van der Waals surface area contributed by atoms with Crippen molar-refractivity contribution in [1.82, 2.24) is 117 Å². The minimum atomic E-state index is -0.509. The molecule has 41 heteroatoms. The van der Waals surface area contributed by atoms with E-state index >= 15 is 0 Å². The fourth-order valence-electron chi connectivity index (χ4n) is 9.39. The second-order valence-corrected chi connectivity index (χ2v) is 22.7. The molecule has 41 nitrogen and oxygen atoms in total. The molecule has 2 fully saturated rings. The average molecular weight is 1880 g/mol. The highest BCUT2D eigenvalue weighted by molar-refractivity contribution is 5.88. The van der Waals surface area contributed by atoms with Gasteiger partial charge in [-0.3, -0.25) is 29.2 Å². The molecule has 4 amide bonds. The second kappa shape index (κ2) is 155. The molecule has 2 aliphatic heterocycles. The van der Waals surface area contributed by atoms with Crippen LogP contribution in [0.25, 0.3) is 21.7 Å². The predicted octanol–water partition coefficient (Wildman–Crippen LogP) is 12.3. The van der Waals surface area contributed by atoms with Crippen LogP contribution in [0.5, 0.6) is 0 Å². The third-order valence-corrected chi connectivity index (χ3v) is 14.8. The zero-order valence-corrected chi connectivity index (χ0v) is 82.0. The molecule has 2 saturated heterocycles. The number of H-pyrrole nitrogens is 1. The highest BCUT2D eigenvalue weighted by atomic mass is 16.2. The van der Waals surface area contributed by atoms with Crippen LogP contribution < -0.4 is 141 Å². The zero-order valence-electron chi connectivity index (χ0n) is 82.0. The highest BCUT2D eigenvalue weighted by Crippen LogP contribution is 2.19. The first-order valence-electron chi connectivity index (χ1n) is 38.1. The van der Waals surface area contributed by atoms with Crippen LogP contribution in [0, 0.1) is 0 Å². The molecule has 0 saturated carbocycles. The Labute approximate surface area is 789 Å². The predicted molar refractivity (Wildman–Crippen MR) is 558 cm³/mol. The number of nitrogens with one attached hydrogen (secondary N) is 7. The first-order chi connectivity index (χ1) is 58.0. The van der Waals surface area contributed by atoms with Crippen molar-refractivity contribution in [1.29, 1.82) is 0 Å². The number of carbonyl (C=O) groups is 14.